The molecule has 0 aromatic heterocycles. The highest BCUT2D eigenvalue weighted by atomic mass is 16.5. The highest BCUT2D eigenvalue weighted by Gasteiger charge is 2.14. The van der Waals surface area contributed by atoms with Crippen LogP contribution in [0, 0.1) is 5.92 Å². The van der Waals surface area contributed by atoms with Crippen LogP contribution in [0.2, 0.25) is 0 Å². The molecule has 1 aliphatic rings. The molecule has 0 amide bonds. The van der Waals surface area contributed by atoms with E-state index in [1.54, 1.807) is 0 Å². The van der Waals surface area contributed by atoms with Gasteiger partial charge in [0.15, 0.2) is 5.96 Å². The number of hydrogen-bond donors (Lipinski definition) is 2. The lowest BCUT2D eigenvalue weighted by molar-refractivity contribution is 0.0893. The van der Waals surface area contributed by atoms with Gasteiger partial charge in [-0.1, -0.05) is 6.08 Å². The number of guanidine groups is 1. The first-order chi connectivity index (χ1) is 9.36. The van der Waals surface area contributed by atoms with Crippen LogP contribution in [0.1, 0.15) is 19.8 Å². The Labute approximate surface area is 116 Å². The third-order valence-corrected chi connectivity index (χ3v) is 2.85. The lowest BCUT2D eigenvalue weighted by atomic mass is 10.1. The van der Waals surface area contributed by atoms with E-state index in [1.165, 1.54) is 0 Å². The molecule has 0 bridgehead atoms. The summed E-state index contributed by atoms with van der Waals surface area (Å²) < 4.78 is 10.9. The molecule has 19 heavy (non-hydrogen) atoms. The summed E-state index contributed by atoms with van der Waals surface area (Å²) in [5.74, 6) is 1.43. The predicted molar refractivity (Wildman–Crippen MR) is 78.5 cm³/mol. The second-order valence-corrected chi connectivity index (χ2v) is 4.59. The molecule has 1 aliphatic heterocycles. The molecule has 0 aliphatic carbocycles. The molecule has 1 saturated heterocycles. The van der Waals surface area contributed by atoms with Crippen LogP contribution in [0.25, 0.3) is 0 Å². The second-order valence-electron chi connectivity index (χ2n) is 4.59. The molecule has 0 saturated carbocycles. The highest BCUT2D eigenvalue weighted by Crippen LogP contribution is 2.12. The zero-order valence-electron chi connectivity index (χ0n) is 12.0. The third kappa shape index (κ3) is 7.85. The van der Waals surface area contributed by atoms with Crippen molar-refractivity contribution in [3.8, 4) is 0 Å². The van der Waals surface area contributed by atoms with E-state index in [0.29, 0.717) is 5.92 Å². The zero-order chi connectivity index (χ0) is 13.8. The van der Waals surface area contributed by atoms with Gasteiger partial charge in [0.2, 0.25) is 0 Å². The van der Waals surface area contributed by atoms with E-state index in [-0.39, 0.29) is 0 Å². The topological polar surface area (TPSA) is 54.9 Å². The summed E-state index contributed by atoms with van der Waals surface area (Å²) in [6, 6.07) is 0. The summed E-state index contributed by atoms with van der Waals surface area (Å²) in [6.07, 6.45) is 3.89. The van der Waals surface area contributed by atoms with Crippen molar-refractivity contribution in [2.75, 3.05) is 46.1 Å². The molecule has 0 aromatic rings. The molecule has 5 nitrogen and oxygen atoms in total. The molecule has 110 valence electrons. The summed E-state index contributed by atoms with van der Waals surface area (Å²) in [5.41, 5.74) is 0. The Morgan fingerprint density at radius 3 is 3.11 bits per heavy atom. The minimum Gasteiger partial charge on any atom is -0.381 e. The van der Waals surface area contributed by atoms with Gasteiger partial charge in [-0.3, -0.25) is 4.99 Å². The summed E-state index contributed by atoms with van der Waals surface area (Å²) in [7, 11) is 0. The predicted octanol–water partition coefficient (Wildman–Crippen LogP) is 1.17. The first kappa shape index (κ1) is 16.0. The van der Waals surface area contributed by atoms with Crippen LogP contribution in [0.3, 0.4) is 0 Å². The molecule has 0 radical (unpaired) electrons. The van der Waals surface area contributed by atoms with E-state index < -0.39 is 0 Å². The van der Waals surface area contributed by atoms with Crippen molar-refractivity contribution in [3.63, 3.8) is 0 Å². The molecule has 1 heterocycles. The molecule has 1 rings (SSSR count). The lowest BCUT2D eigenvalue weighted by Gasteiger charge is -2.10. The van der Waals surface area contributed by atoms with Crippen molar-refractivity contribution < 1.29 is 9.47 Å². The van der Waals surface area contributed by atoms with Gasteiger partial charge >= 0.3 is 0 Å². The second kappa shape index (κ2) is 10.8. The number of rotatable bonds is 9. The van der Waals surface area contributed by atoms with E-state index in [2.05, 4.69) is 29.1 Å². The fraction of sp³-hybridized carbons (Fsp3) is 0.786. The van der Waals surface area contributed by atoms with Gasteiger partial charge < -0.3 is 20.1 Å². The molecule has 5 heteroatoms. The van der Waals surface area contributed by atoms with Crippen LogP contribution in [0.15, 0.2) is 17.6 Å². The number of hydrogen-bond acceptors (Lipinski definition) is 3. The Balaban J connectivity index is 2.03. The van der Waals surface area contributed by atoms with Crippen molar-refractivity contribution in [2.45, 2.75) is 19.8 Å². The number of nitrogens with zero attached hydrogens (tertiary/aromatic N) is 1. The van der Waals surface area contributed by atoms with E-state index >= 15 is 0 Å². The molecular formula is C14H27N3O2. The lowest BCUT2D eigenvalue weighted by Crippen LogP contribution is -2.37. The maximum absolute atomic E-state index is 5.63. The SMILES string of the molecule is C=CCNC(=NCCCOCC1CCOC1)NCC. The van der Waals surface area contributed by atoms with Gasteiger partial charge in [0.1, 0.15) is 0 Å². The Bertz CT molecular complexity index is 263. The van der Waals surface area contributed by atoms with Crippen LogP contribution in [-0.4, -0.2) is 52.0 Å². The summed E-state index contributed by atoms with van der Waals surface area (Å²) >= 11 is 0. The maximum atomic E-state index is 5.63. The number of nitrogens with one attached hydrogen (secondary N) is 2. The molecular weight excluding hydrogens is 242 g/mol. The highest BCUT2D eigenvalue weighted by molar-refractivity contribution is 5.79. The van der Waals surface area contributed by atoms with Gasteiger partial charge in [-0.05, 0) is 19.8 Å². The number of aliphatic imine (C=N–C) groups is 1. The minimum atomic E-state index is 0.593. The van der Waals surface area contributed by atoms with Gasteiger partial charge in [-0.15, -0.1) is 6.58 Å². The van der Waals surface area contributed by atoms with Crippen molar-refractivity contribution in [1.82, 2.24) is 10.6 Å². The monoisotopic (exact) mass is 269 g/mol. The van der Waals surface area contributed by atoms with Crippen LogP contribution < -0.4 is 10.6 Å². The molecule has 0 aromatic carbocycles. The molecule has 2 N–H and O–H groups in total. The van der Waals surface area contributed by atoms with Gasteiger partial charge in [-0.2, -0.15) is 0 Å². The average molecular weight is 269 g/mol. The normalized spacial score (nSPS) is 19.4. The number of ether oxygens (including phenoxy) is 2. The van der Waals surface area contributed by atoms with E-state index in [0.717, 1.165) is 64.9 Å². The van der Waals surface area contributed by atoms with Crippen molar-refractivity contribution in [1.29, 1.82) is 0 Å². The maximum Gasteiger partial charge on any atom is 0.191 e. The Morgan fingerprint density at radius 2 is 2.42 bits per heavy atom. The van der Waals surface area contributed by atoms with Crippen LogP contribution in [0.5, 0.6) is 0 Å². The van der Waals surface area contributed by atoms with E-state index in [9.17, 15) is 0 Å². The minimum absolute atomic E-state index is 0.593. The Kier molecular flexibility index (Phi) is 9.10. The molecule has 1 atom stereocenters. The first-order valence-electron chi connectivity index (χ1n) is 7.15. The largest absolute Gasteiger partial charge is 0.381 e. The fourth-order valence-electron chi connectivity index (χ4n) is 1.83. The van der Waals surface area contributed by atoms with Gasteiger partial charge in [0.25, 0.3) is 0 Å². The molecule has 1 unspecified atom stereocenters. The van der Waals surface area contributed by atoms with Gasteiger partial charge in [0.05, 0.1) is 13.2 Å². The molecule has 1 fully saturated rings. The van der Waals surface area contributed by atoms with Crippen LogP contribution in [-0.2, 0) is 9.47 Å². The smallest absolute Gasteiger partial charge is 0.191 e. The average Bonchev–Trinajstić information content (AvgIpc) is 2.93. The Morgan fingerprint density at radius 1 is 1.53 bits per heavy atom. The van der Waals surface area contributed by atoms with Crippen LogP contribution in [0.4, 0.5) is 0 Å². The summed E-state index contributed by atoms with van der Waals surface area (Å²) in [6.45, 7) is 11.4. The fourth-order valence-corrected chi connectivity index (χ4v) is 1.83. The quantitative estimate of drug-likeness (QED) is 0.285. The van der Waals surface area contributed by atoms with Crippen LogP contribution >= 0.6 is 0 Å². The Hall–Kier alpha value is -1.07. The third-order valence-electron chi connectivity index (χ3n) is 2.85. The van der Waals surface area contributed by atoms with Gasteiger partial charge in [0, 0.05) is 38.8 Å². The van der Waals surface area contributed by atoms with E-state index in [1.807, 2.05) is 6.08 Å². The summed E-state index contributed by atoms with van der Waals surface area (Å²) in [4.78, 5) is 4.46. The van der Waals surface area contributed by atoms with Crippen molar-refractivity contribution >= 4 is 5.96 Å². The first-order valence-corrected chi connectivity index (χ1v) is 7.15. The van der Waals surface area contributed by atoms with E-state index in [4.69, 9.17) is 9.47 Å². The zero-order valence-corrected chi connectivity index (χ0v) is 12.0. The van der Waals surface area contributed by atoms with Crippen molar-refractivity contribution in [2.24, 2.45) is 10.9 Å². The standard InChI is InChI=1S/C14H27N3O2/c1-3-7-16-14(15-4-2)17-8-5-9-18-11-13-6-10-19-12-13/h3,13H,1,4-12H2,2H3,(H2,15,16,17). The summed E-state index contributed by atoms with van der Waals surface area (Å²) in [5, 5.41) is 6.36. The van der Waals surface area contributed by atoms with Crippen molar-refractivity contribution in [3.05, 3.63) is 12.7 Å². The van der Waals surface area contributed by atoms with Gasteiger partial charge in [-0.25, -0.2) is 0 Å². The molecule has 0 spiro atoms.